The number of nitrogens with one attached hydrogen (secondary N) is 1. The van der Waals surface area contributed by atoms with Gasteiger partial charge in [-0.25, -0.2) is 4.79 Å². The summed E-state index contributed by atoms with van der Waals surface area (Å²) in [7, 11) is 0. The molecule has 21 heavy (non-hydrogen) atoms. The van der Waals surface area contributed by atoms with Gasteiger partial charge in [-0.2, -0.15) is 0 Å². The van der Waals surface area contributed by atoms with E-state index in [1.165, 1.54) is 6.08 Å². The Morgan fingerprint density at radius 1 is 1.33 bits per heavy atom. The molecule has 1 aromatic carbocycles. The number of benzene rings is 1. The van der Waals surface area contributed by atoms with Crippen molar-refractivity contribution in [3.05, 3.63) is 59.0 Å². The van der Waals surface area contributed by atoms with Crippen molar-refractivity contribution in [3.8, 4) is 0 Å². The summed E-state index contributed by atoms with van der Waals surface area (Å²) in [4.78, 5) is 22.2. The minimum atomic E-state index is -0.992. The minimum absolute atomic E-state index is 0.175. The van der Waals surface area contributed by atoms with Gasteiger partial charge in [-0.15, -0.1) is 0 Å². The number of aliphatic carboxylic acids is 1. The van der Waals surface area contributed by atoms with Crippen LogP contribution in [-0.4, -0.2) is 22.1 Å². The van der Waals surface area contributed by atoms with Gasteiger partial charge in [0, 0.05) is 18.7 Å². The number of hydrogen-bond acceptors (Lipinski definition) is 4. The molecule has 0 aliphatic heterocycles. The van der Waals surface area contributed by atoms with Gasteiger partial charge in [-0.05, 0) is 24.1 Å². The Bertz CT molecular complexity index is 671. The van der Waals surface area contributed by atoms with E-state index >= 15 is 0 Å². The molecule has 0 aliphatic carbocycles. The fourth-order valence-electron chi connectivity index (χ4n) is 1.65. The van der Waals surface area contributed by atoms with Crippen LogP contribution in [0, 0.1) is 6.92 Å². The highest BCUT2D eigenvalue weighted by Gasteiger charge is 2.10. The quantitative estimate of drug-likeness (QED) is 0.820. The van der Waals surface area contributed by atoms with Gasteiger partial charge in [-0.1, -0.05) is 29.4 Å². The molecule has 1 heterocycles. The van der Waals surface area contributed by atoms with Gasteiger partial charge in [0.05, 0.1) is 5.69 Å². The Hall–Kier alpha value is -2.89. The fourth-order valence-corrected chi connectivity index (χ4v) is 1.65. The molecule has 108 valence electrons. The van der Waals surface area contributed by atoms with Crippen molar-refractivity contribution in [3.63, 3.8) is 0 Å². The average molecular weight is 286 g/mol. The number of carbonyl (C=O) groups excluding carboxylic acids is 1. The highest BCUT2D eigenvalue weighted by Crippen LogP contribution is 2.07. The molecule has 2 aromatic rings. The first-order valence-corrected chi connectivity index (χ1v) is 6.26. The zero-order valence-corrected chi connectivity index (χ0v) is 11.4. The van der Waals surface area contributed by atoms with Crippen LogP contribution in [0.3, 0.4) is 0 Å². The Balaban J connectivity index is 1.92. The zero-order chi connectivity index (χ0) is 15.2. The second-order valence-electron chi connectivity index (χ2n) is 4.43. The van der Waals surface area contributed by atoms with Gasteiger partial charge in [0.2, 0.25) is 5.76 Å². The van der Waals surface area contributed by atoms with Gasteiger partial charge < -0.3 is 14.9 Å². The Morgan fingerprint density at radius 3 is 2.62 bits per heavy atom. The first kappa shape index (κ1) is 14.5. The minimum Gasteiger partial charge on any atom is -0.478 e. The number of aromatic nitrogens is 1. The van der Waals surface area contributed by atoms with Crippen LogP contribution < -0.4 is 5.32 Å². The molecular weight excluding hydrogens is 272 g/mol. The van der Waals surface area contributed by atoms with Gasteiger partial charge >= 0.3 is 5.97 Å². The van der Waals surface area contributed by atoms with Crippen molar-refractivity contribution < 1.29 is 19.2 Å². The van der Waals surface area contributed by atoms with Gasteiger partial charge in [0.1, 0.15) is 0 Å². The highest BCUT2D eigenvalue weighted by molar-refractivity contribution is 5.91. The van der Waals surface area contributed by atoms with Crippen LogP contribution in [0.15, 0.2) is 40.9 Å². The predicted octanol–water partition coefficient (Wildman–Crippen LogP) is 2.01. The lowest BCUT2D eigenvalue weighted by molar-refractivity contribution is -0.131. The third-order valence-corrected chi connectivity index (χ3v) is 2.70. The summed E-state index contributed by atoms with van der Waals surface area (Å²) in [6.07, 6.45) is 2.57. The summed E-state index contributed by atoms with van der Waals surface area (Å²) < 4.78 is 4.86. The van der Waals surface area contributed by atoms with E-state index in [0.29, 0.717) is 12.2 Å². The van der Waals surface area contributed by atoms with E-state index in [1.54, 1.807) is 25.1 Å². The average Bonchev–Trinajstić information content (AvgIpc) is 2.90. The molecule has 0 radical (unpaired) electrons. The summed E-state index contributed by atoms with van der Waals surface area (Å²) in [5.74, 6) is -1.15. The number of carboxylic acid groups (broad SMARTS) is 1. The lowest BCUT2D eigenvalue weighted by Gasteiger charge is -2.03. The van der Waals surface area contributed by atoms with Gasteiger partial charge in [-0.3, -0.25) is 4.79 Å². The van der Waals surface area contributed by atoms with Crippen LogP contribution in [0.2, 0.25) is 0 Å². The van der Waals surface area contributed by atoms with Gasteiger partial charge in [0.15, 0.2) is 0 Å². The Labute approximate surface area is 121 Å². The molecule has 0 spiro atoms. The number of aryl methyl sites for hydroxylation is 1. The second kappa shape index (κ2) is 6.51. The fraction of sp³-hybridized carbons (Fsp3) is 0.133. The third-order valence-electron chi connectivity index (χ3n) is 2.70. The van der Waals surface area contributed by atoms with Crippen molar-refractivity contribution in [1.82, 2.24) is 10.5 Å². The molecule has 2 N–H and O–H groups in total. The maximum Gasteiger partial charge on any atom is 0.328 e. The van der Waals surface area contributed by atoms with Crippen LogP contribution >= 0.6 is 0 Å². The number of carbonyl (C=O) groups is 2. The largest absolute Gasteiger partial charge is 0.478 e. The molecule has 0 fully saturated rings. The van der Waals surface area contributed by atoms with E-state index in [4.69, 9.17) is 9.63 Å². The van der Waals surface area contributed by atoms with E-state index in [1.807, 2.05) is 12.1 Å². The van der Waals surface area contributed by atoms with Crippen molar-refractivity contribution in [2.75, 3.05) is 0 Å². The SMILES string of the molecule is Cc1cc(C(=O)NCc2ccc(C=CC(=O)O)cc2)on1. The Kier molecular flexibility index (Phi) is 4.50. The lowest BCUT2D eigenvalue weighted by Crippen LogP contribution is -2.22. The molecule has 0 aliphatic rings. The molecule has 0 unspecified atom stereocenters. The predicted molar refractivity (Wildman–Crippen MR) is 75.5 cm³/mol. The first-order chi connectivity index (χ1) is 10.0. The van der Waals surface area contributed by atoms with Crippen LogP contribution in [0.4, 0.5) is 0 Å². The number of carboxylic acids is 1. The highest BCUT2D eigenvalue weighted by atomic mass is 16.5. The molecule has 6 heteroatoms. The topological polar surface area (TPSA) is 92.4 Å². The first-order valence-electron chi connectivity index (χ1n) is 6.26. The van der Waals surface area contributed by atoms with E-state index in [-0.39, 0.29) is 11.7 Å². The summed E-state index contributed by atoms with van der Waals surface area (Å²) in [5, 5.41) is 14.9. The molecule has 2 rings (SSSR count). The van der Waals surface area contributed by atoms with Crippen LogP contribution in [0.5, 0.6) is 0 Å². The molecule has 0 atom stereocenters. The second-order valence-corrected chi connectivity index (χ2v) is 4.43. The van der Waals surface area contributed by atoms with E-state index in [0.717, 1.165) is 17.2 Å². The normalized spacial score (nSPS) is 10.7. The van der Waals surface area contributed by atoms with Crippen LogP contribution in [0.1, 0.15) is 27.4 Å². The summed E-state index contributed by atoms with van der Waals surface area (Å²) >= 11 is 0. The van der Waals surface area contributed by atoms with Crippen LogP contribution in [-0.2, 0) is 11.3 Å². The standard InChI is InChI=1S/C15H14N2O4/c1-10-8-13(21-17-10)15(20)16-9-12-4-2-11(3-5-12)6-7-14(18)19/h2-8H,9H2,1H3,(H,16,20)(H,18,19). The van der Waals surface area contributed by atoms with Crippen molar-refractivity contribution >= 4 is 18.0 Å². The number of nitrogens with zero attached hydrogens (tertiary/aromatic N) is 1. The summed E-state index contributed by atoms with van der Waals surface area (Å²) in [5.41, 5.74) is 2.32. The molecule has 0 saturated carbocycles. The van der Waals surface area contributed by atoms with Crippen molar-refractivity contribution in [2.24, 2.45) is 0 Å². The van der Waals surface area contributed by atoms with Crippen molar-refractivity contribution in [1.29, 1.82) is 0 Å². The maximum atomic E-state index is 11.8. The molecule has 1 amide bonds. The van der Waals surface area contributed by atoms with Crippen LogP contribution in [0.25, 0.3) is 6.08 Å². The number of amides is 1. The number of hydrogen-bond donors (Lipinski definition) is 2. The third kappa shape index (κ3) is 4.31. The van der Waals surface area contributed by atoms with E-state index in [2.05, 4.69) is 10.5 Å². The smallest absolute Gasteiger partial charge is 0.328 e. The molecule has 0 saturated heterocycles. The lowest BCUT2D eigenvalue weighted by atomic mass is 10.1. The summed E-state index contributed by atoms with van der Waals surface area (Å²) in [6.45, 7) is 2.09. The Morgan fingerprint density at radius 2 is 2.05 bits per heavy atom. The molecule has 6 nitrogen and oxygen atoms in total. The zero-order valence-electron chi connectivity index (χ0n) is 11.4. The molecule has 0 bridgehead atoms. The molecular formula is C15H14N2O4. The van der Waals surface area contributed by atoms with Gasteiger partial charge in [0.25, 0.3) is 5.91 Å². The monoisotopic (exact) mass is 286 g/mol. The molecule has 1 aromatic heterocycles. The summed E-state index contributed by atoms with van der Waals surface area (Å²) in [6, 6.07) is 8.75. The van der Waals surface area contributed by atoms with E-state index < -0.39 is 5.97 Å². The van der Waals surface area contributed by atoms with E-state index in [9.17, 15) is 9.59 Å². The van der Waals surface area contributed by atoms with Crippen molar-refractivity contribution in [2.45, 2.75) is 13.5 Å². The maximum absolute atomic E-state index is 11.8. The number of rotatable bonds is 5.